The van der Waals surface area contributed by atoms with E-state index in [4.69, 9.17) is 33.2 Å². The lowest BCUT2D eigenvalue weighted by atomic mass is 9.88. The summed E-state index contributed by atoms with van der Waals surface area (Å²) in [7, 11) is 0. The Morgan fingerprint density at radius 1 is 0.667 bits per heavy atom. The third-order valence-electron chi connectivity index (χ3n) is 10.4. The Morgan fingerprint density at radius 3 is 1.73 bits per heavy atom. The summed E-state index contributed by atoms with van der Waals surface area (Å²) < 4.78 is 39.3. The van der Waals surface area contributed by atoms with Crippen molar-refractivity contribution >= 4 is 23.7 Å². The van der Waals surface area contributed by atoms with Crippen LogP contribution in [0.1, 0.15) is 27.2 Å². The van der Waals surface area contributed by atoms with Crippen LogP contribution in [0.25, 0.3) is 0 Å². The zero-order valence-corrected chi connectivity index (χ0v) is 32.4. The molecule has 4 saturated heterocycles. The Labute approximate surface area is 340 Å². The van der Waals surface area contributed by atoms with E-state index in [0.29, 0.717) is 0 Å². The molecule has 4 rings (SSSR count). The van der Waals surface area contributed by atoms with Crippen LogP contribution in [-0.4, -0.2) is 245 Å². The molecule has 60 heavy (non-hydrogen) atoms. The molecule has 4 heterocycles. The first-order valence-corrected chi connectivity index (χ1v) is 18.7. The topological polar surface area (TPSA) is 432 Å². The second-order valence-corrected chi connectivity index (χ2v) is 14.8. The molecule has 27 heteroatoms. The number of aliphatic hydroxyl groups excluding tert-OH is 12. The third kappa shape index (κ3) is 11.0. The number of aliphatic carboxylic acids is 1. The molecule has 346 valence electrons. The lowest BCUT2D eigenvalue weighted by molar-refractivity contribution is -0.368. The fraction of sp³-hybridized carbons (Fsp3) is 0.879. The zero-order chi connectivity index (χ0) is 45.0. The minimum Gasteiger partial charge on any atom is -0.477 e. The Morgan fingerprint density at radius 2 is 1.18 bits per heavy atom. The predicted octanol–water partition coefficient (Wildman–Crippen LogP) is -10.1. The minimum absolute atomic E-state index is 0.740. The van der Waals surface area contributed by atoms with Gasteiger partial charge in [0.25, 0.3) is 5.79 Å². The average molecular weight is 878 g/mol. The van der Waals surface area contributed by atoms with Crippen LogP contribution in [0.3, 0.4) is 0 Å². The maximum atomic E-state index is 12.7. The van der Waals surface area contributed by atoms with E-state index in [2.05, 4.69) is 16.0 Å². The molecule has 0 aromatic carbocycles. The number of ether oxygens (including phenoxy) is 7. The number of carbonyl (C=O) groups is 4. The van der Waals surface area contributed by atoms with Crippen molar-refractivity contribution in [1.29, 1.82) is 0 Å². The van der Waals surface area contributed by atoms with E-state index in [1.165, 1.54) is 0 Å². The Hall–Kier alpha value is -2.88. The normalized spacial score (nSPS) is 43.3. The van der Waals surface area contributed by atoms with Crippen molar-refractivity contribution in [2.24, 2.45) is 0 Å². The van der Waals surface area contributed by atoms with Crippen molar-refractivity contribution in [2.45, 2.75) is 155 Å². The molecule has 0 aromatic rings. The molecule has 0 aromatic heterocycles. The highest BCUT2D eigenvalue weighted by atomic mass is 16.8. The van der Waals surface area contributed by atoms with E-state index in [-0.39, 0.29) is 0 Å². The number of aliphatic hydroxyl groups is 12. The van der Waals surface area contributed by atoms with Gasteiger partial charge in [-0.3, -0.25) is 14.4 Å². The molecule has 27 nitrogen and oxygen atoms in total. The Balaban J connectivity index is 1.61. The number of carboxylic acids is 1. The second-order valence-electron chi connectivity index (χ2n) is 14.8. The van der Waals surface area contributed by atoms with Gasteiger partial charge in [0.15, 0.2) is 18.9 Å². The van der Waals surface area contributed by atoms with Crippen LogP contribution in [0.4, 0.5) is 0 Å². The first-order valence-electron chi connectivity index (χ1n) is 18.7. The molecule has 4 fully saturated rings. The Bertz CT molecular complexity index is 1470. The van der Waals surface area contributed by atoms with Crippen LogP contribution in [0, 0.1) is 0 Å². The highest BCUT2D eigenvalue weighted by Gasteiger charge is 2.58. The number of hydrogen-bond donors (Lipinski definition) is 16. The quantitative estimate of drug-likeness (QED) is 0.0684. The smallest absolute Gasteiger partial charge is 0.364 e. The number of amides is 3. The third-order valence-corrected chi connectivity index (χ3v) is 10.4. The second kappa shape index (κ2) is 21.0. The number of carboxylic acid groups (broad SMARTS) is 1. The van der Waals surface area contributed by atoms with Gasteiger partial charge in [0.05, 0.1) is 38.6 Å². The van der Waals surface area contributed by atoms with Crippen molar-refractivity contribution in [1.82, 2.24) is 16.0 Å². The summed E-state index contributed by atoms with van der Waals surface area (Å²) in [5, 5.41) is 144. The van der Waals surface area contributed by atoms with Crippen LogP contribution >= 0.6 is 0 Å². The van der Waals surface area contributed by atoms with Gasteiger partial charge in [-0.1, -0.05) is 0 Å². The first-order chi connectivity index (χ1) is 28.1. The van der Waals surface area contributed by atoms with Gasteiger partial charge >= 0.3 is 5.97 Å². The van der Waals surface area contributed by atoms with Gasteiger partial charge in [-0.2, -0.15) is 0 Å². The summed E-state index contributed by atoms with van der Waals surface area (Å²) in [5.74, 6) is -7.17. The summed E-state index contributed by atoms with van der Waals surface area (Å²) >= 11 is 0. The molecule has 0 aliphatic carbocycles. The highest BCUT2D eigenvalue weighted by Crippen LogP contribution is 2.36. The van der Waals surface area contributed by atoms with Crippen LogP contribution in [0.15, 0.2) is 0 Å². The van der Waals surface area contributed by atoms with Crippen molar-refractivity contribution < 1.29 is 119 Å². The van der Waals surface area contributed by atoms with Gasteiger partial charge in [-0.05, 0) is 0 Å². The molecular weight excluding hydrogens is 822 g/mol. The number of hydrogen-bond acceptors (Lipinski definition) is 23. The molecule has 0 spiro atoms. The highest BCUT2D eigenvalue weighted by molar-refractivity contribution is 5.76. The van der Waals surface area contributed by atoms with Gasteiger partial charge in [0.2, 0.25) is 17.7 Å². The first kappa shape index (κ1) is 49.8. The average Bonchev–Trinajstić information content (AvgIpc) is 3.18. The zero-order valence-electron chi connectivity index (χ0n) is 32.4. The van der Waals surface area contributed by atoms with Crippen molar-refractivity contribution in [2.75, 3.05) is 26.4 Å². The van der Waals surface area contributed by atoms with E-state index in [1.54, 1.807) is 0 Å². The standard InChI is InChI=1S/C33H55N3O24/c1-9(40)34-17-12(43)4-33(32(52)53,60-27(17)20(45)13(44)5-37)54-8-16-23(48)26(19(29(51)55-16)36-11(3)42)58-31-25(50)28(22(47)15(7-39)57-31)59-30-18(35-10(2)41)24(49)21(46)14(6-38)56-30/h12-31,37-39,43-51H,4-8H2,1-3H3,(H,34,40)(H,35,41)(H,36,42)(H,52,53)/t12-,13+,14+,15+,16+,17+,18+,19+,20+,21+,22-,23-,24+,25+,26+,27+,28-,29-,30-,31?,33+/m0/s1. The maximum Gasteiger partial charge on any atom is 0.364 e. The molecule has 3 amide bonds. The molecule has 4 aliphatic rings. The lowest BCUT2D eigenvalue weighted by Crippen LogP contribution is -2.70. The van der Waals surface area contributed by atoms with E-state index in [9.17, 15) is 85.6 Å². The largest absolute Gasteiger partial charge is 0.477 e. The van der Waals surface area contributed by atoms with Crippen LogP contribution in [0.2, 0.25) is 0 Å². The fourth-order valence-electron chi connectivity index (χ4n) is 7.34. The number of carbonyl (C=O) groups excluding carboxylic acids is 3. The molecular formula is C33H55N3O24. The summed E-state index contributed by atoms with van der Waals surface area (Å²) in [6.07, 6.45) is -33.3. The summed E-state index contributed by atoms with van der Waals surface area (Å²) in [6.45, 7) is -0.856. The van der Waals surface area contributed by atoms with E-state index in [1.807, 2.05) is 0 Å². The molecule has 21 atom stereocenters. The van der Waals surface area contributed by atoms with Gasteiger partial charge in [0, 0.05) is 27.2 Å². The van der Waals surface area contributed by atoms with Crippen molar-refractivity contribution in [3.05, 3.63) is 0 Å². The summed E-state index contributed by atoms with van der Waals surface area (Å²) in [4.78, 5) is 48.7. The maximum absolute atomic E-state index is 12.7. The fourth-order valence-corrected chi connectivity index (χ4v) is 7.34. The molecule has 1 unspecified atom stereocenters. The van der Waals surface area contributed by atoms with Gasteiger partial charge in [-0.25, -0.2) is 4.79 Å². The molecule has 0 radical (unpaired) electrons. The van der Waals surface area contributed by atoms with Gasteiger partial charge in [0.1, 0.15) is 91.4 Å². The van der Waals surface area contributed by atoms with Crippen molar-refractivity contribution in [3.8, 4) is 0 Å². The molecule has 0 bridgehead atoms. The molecule has 0 saturated carbocycles. The summed E-state index contributed by atoms with van der Waals surface area (Å²) in [5.41, 5.74) is 0. The summed E-state index contributed by atoms with van der Waals surface area (Å²) in [6, 6.07) is -4.82. The van der Waals surface area contributed by atoms with Crippen LogP contribution < -0.4 is 16.0 Å². The Kier molecular flexibility index (Phi) is 17.4. The monoisotopic (exact) mass is 877 g/mol. The SMILES string of the molecule is CC(=O)N[C@@H]1[C@@H](OC2O[C@H](CO)[C@H](O)[C@H](O[C@@H]3O[C@H](CO)[C@@H](O)[C@H](O)[C@H]3NC(C)=O)[C@H]2O)[C@@H](O)[C@@H](CO[C@]2(C(=O)O)C[C@H](O)[C@@H](NC(C)=O)[C@H]([C@H](O)[C@H](O)CO)O2)O[C@@H]1O. The van der Waals surface area contributed by atoms with Crippen LogP contribution in [-0.2, 0) is 52.3 Å². The predicted molar refractivity (Wildman–Crippen MR) is 186 cm³/mol. The van der Waals surface area contributed by atoms with E-state index < -0.39 is 185 Å². The van der Waals surface area contributed by atoms with Gasteiger partial charge in [-0.15, -0.1) is 0 Å². The van der Waals surface area contributed by atoms with Crippen molar-refractivity contribution in [3.63, 3.8) is 0 Å². The minimum atomic E-state index is -2.93. The van der Waals surface area contributed by atoms with Gasteiger partial charge < -0.3 is 115 Å². The lowest BCUT2D eigenvalue weighted by Gasteiger charge is -2.49. The molecule has 4 aliphatic heterocycles. The number of nitrogens with one attached hydrogen (secondary N) is 3. The van der Waals surface area contributed by atoms with Crippen LogP contribution in [0.5, 0.6) is 0 Å². The molecule has 16 N–H and O–H groups in total. The van der Waals surface area contributed by atoms with E-state index >= 15 is 0 Å². The number of rotatable bonds is 16. The van der Waals surface area contributed by atoms with E-state index in [0.717, 1.165) is 20.8 Å².